The number of thioether (sulfide) groups is 1. The summed E-state index contributed by atoms with van der Waals surface area (Å²) in [5.74, 6) is -0.0118. The zero-order valence-corrected chi connectivity index (χ0v) is 16.8. The molecule has 0 saturated heterocycles. The Labute approximate surface area is 171 Å². The lowest BCUT2D eigenvalue weighted by Gasteiger charge is -2.12. The van der Waals surface area contributed by atoms with E-state index in [1.165, 1.54) is 11.8 Å². The molecular weight excluding hydrogens is 398 g/mol. The second-order valence-electron chi connectivity index (χ2n) is 6.06. The van der Waals surface area contributed by atoms with Crippen molar-refractivity contribution in [1.82, 2.24) is 14.8 Å². The molecule has 7 nitrogen and oxygen atoms in total. The number of rotatable bonds is 6. The molecule has 0 fully saturated rings. The van der Waals surface area contributed by atoms with Gasteiger partial charge < -0.3 is 15.6 Å². The maximum atomic E-state index is 12.5. The minimum Gasteiger partial charge on any atom is -0.366 e. The molecule has 28 heavy (non-hydrogen) atoms. The summed E-state index contributed by atoms with van der Waals surface area (Å²) in [5.41, 5.74) is 7.07. The van der Waals surface area contributed by atoms with E-state index in [0.717, 1.165) is 5.56 Å². The first-order chi connectivity index (χ1) is 13.3. The van der Waals surface area contributed by atoms with Gasteiger partial charge in [0.15, 0.2) is 11.0 Å². The van der Waals surface area contributed by atoms with Crippen LogP contribution in [0.5, 0.6) is 0 Å². The molecule has 1 aromatic heterocycles. The van der Waals surface area contributed by atoms with Crippen molar-refractivity contribution in [2.75, 3.05) is 5.32 Å². The highest BCUT2D eigenvalue weighted by molar-refractivity contribution is 8.00. The molecule has 0 spiro atoms. The molecule has 3 N–H and O–H groups in total. The van der Waals surface area contributed by atoms with Gasteiger partial charge in [-0.15, -0.1) is 10.2 Å². The third-order valence-electron chi connectivity index (χ3n) is 4.03. The SMILES string of the molecule is C[C@H](Sc1nnc(-c2ccc(Cl)cc2)n1C)C(=O)Nc1ccc(C(N)=O)cc1. The Morgan fingerprint density at radius 3 is 2.36 bits per heavy atom. The van der Waals surface area contributed by atoms with E-state index in [2.05, 4.69) is 15.5 Å². The zero-order valence-electron chi connectivity index (χ0n) is 15.2. The average Bonchev–Trinajstić information content (AvgIpc) is 3.03. The Balaban J connectivity index is 1.67. The average molecular weight is 416 g/mol. The summed E-state index contributed by atoms with van der Waals surface area (Å²) in [5, 5.41) is 12.1. The monoisotopic (exact) mass is 415 g/mol. The maximum absolute atomic E-state index is 12.5. The molecule has 2 aromatic carbocycles. The van der Waals surface area contributed by atoms with Gasteiger partial charge in [-0.2, -0.15) is 0 Å². The number of primary amides is 1. The molecule has 0 aliphatic carbocycles. The molecule has 0 saturated carbocycles. The van der Waals surface area contributed by atoms with E-state index >= 15 is 0 Å². The molecule has 3 rings (SSSR count). The van der Waals surface area contributed by atoms with Crippen LogP contribution in [-0.2, 0) is 11.8 Å². The molecule has 0 bridgehead atoms. The van der Waals surface area contributed by atoms with Gasteiger partial charge in [-0.3, -0.25) is 9.59 Å². The highest BCUT2D eigenvalue weighted by Gasteiger charge is 2.19. The fourth-order valence-corrected chi connectivity index (χ4v) is 3.38. The second-order valence-corrected chi connectivity index (χ2v) is 7.81. The molecular formula is C19H18ClN5O2S. The largest absolute Gasteiger partial charge is 0.366 e. The molecule has 1 atom stereocenters. The Morgan fingerprint density at radius 1 is 1.11 bits per heavy atom. The van der Waals surface area contributed by atoms with Gasteiger partial charge in [0.2, 0.25) is 11.8 Å². The molecule has 0 aliphatic heterocycles. The summed E-state index contributed by atoms with van der Waals surface area (Å²) in [6, 6.07) is 13.7. The summed E-state index contributed by atoms with van der Waals surface area (Å²) in [6.07, 6.45) is 0. The molecule has 0 aliphatic rings. The lowest BCUT2D eigenvalue weighted by atomic mass is 10.2. The predicted molar refractivity (Wildman–Crippen MR) is 110 cm³/mol. The van der Waals surface area contributed by atoms with Crippen LogP contribution in [0.2, 0.25) is 5.02 Å². The summed E-state index contributed by atoms with van der Waals surface area (Å²) >= 11 is 7.23. The van der Waals surface area contributed by atoms with E-state index < -0.39 is 11.2 Å². The van der Waals surface area contributed by atoms with Gasteiger partial charge in [0, 0.05) is 28.9 Å². The number of nitrogens with one attached hydrogen (secondary N) is 1. The number of halogens is 1. The third-order valence-corrected chi connectivity index (χ3v) is 5.41. The Morgan fingerprint density at radius 2 is 1.75 bits per heavy atom. The van der Waals surface area contributed by atoms with Crippen LogP contribution in [0.4, 0.5) is 5.69 Å². The first-order valence-electron chi connectivity index (χ1n) is 8.38. The lowest BCUT2D eigenvalue weighted by Crippen LogP contribution is -2.23. The highest BCUT2D eigenvalue weighted by Crippen LogP contribution is 2.27. The molecule has 9 heteroatoms. The minimum absolute atomic E-state index is 0.187. The van der Waals surface area contributed by atoms with Crippen LogP contribution in [0.1, 0.15) is 17.3 Å². The van der Waals surface area contributed by atoms with Crippen molar-refractivity contribution in [2.45, 2.75) is 17.3 Å². The maximum Gasteiger partial charge on any atom is 0.248 e. The fraction of sp³-hybridized carbons (Fsp3) is 0.158. The van der Waals surface area contributed by atoms with Crippen LogP contribution in [0.25, 0.3) is 11.4 Å². The Hall–Kier alpha value is -2.84. The molecule has 3 aromatic rings. The number of carbonyl (C=O) groups is 2. The van der Waals surface area contributed by atoms with E-state index in [1.807, 2.05) is 23.7 Å². The van der Waals surface area contributed by atoms with Crippen molar-refractivity contribution in [3.05, 3.63) is 59.1 Å². The summed E-state index contributed by atoms with van der Waals surface area (Å²) in [7, 11) is 1.85. The van der Waals surface area contributed by atoms with Gasteiger partial charge in [0.1, 0.15) is 0 Å². The van der Waals surface area contributed by atoms with Crippen molar-refractivity contribution in [1.29, 1.82) is 0 Å². The van der Waals surface area contributed by atoms with Crippen molar-refractivity contribution in [3.8, 4) is 11.4 Å². The first kappa shape index (κ1) is 19.9. The number of hydrogen-bond donors (Lipinski definition) is 2. The number of anilines is 1. The number of nitrogens with two attached hydrogens (primary N) is 1. The standard InChI is InChI=1S/C19H18ClN5O2S/c1-11(18(27)22-15-9-5-12(6-10-15)16(21)26)28-19-24-23-17(25(19)2)13-3-7-14(20)8-4-13/h3-11H,1-2H3,(H2,21,26)(H,22,27)/t11-/m0/s1. The van der Waals surface area contributed by atoms with Crippen LogP contribution in [-0.4, -0.2) is 31.8 Å². The van der Waals surface area contributed by atoms with E-state index in [1.54, 1.807) is 43.3 Å². The van der Waals surface area contributed by atoms with Gasteiger partial charge in [0.05, 0.1) is 5.25 Å². The topological polar surface area (TPSA) is 103 Å². The zero-order chi connectivity index (χ0) is 20.3. The van der Waals surface area contributed by atoms with Crippen LogP contribution in [0.15, 0.2) is 53.7 Å². The van der Waals surface area contributed by atoms with E-state index in [4.69, 9.17) is 17.3 Å². The van der Waals surface area contributed by atoms with Gasteiger partial charge in [-0.1, -0.05) is 23.4 Å². The molecule has 144 valence electrons. The van der Waals surface area contributed by atoms with Gasteiger partial charge in [-0.25, -0.2) is 0 Å². The van der Waals surface area contributed by atoms with Crippen LogP contribution < -0.4 is 11.1 Å². The number of nitrogens with zero attached hydrogens (tertiary/aromatic N) is 3. The smallest absolute Gasteiger partial charge is 0.248 e. The molecule has 0 unspecified atom stereocenters. The van der Waals surface area contributed by atoms with Crippen molar-refractivity contribution in [2.24, 2.45) is 12.8 Å². The molecule has 2 amide bonds. The van der Waals surface area contributed by atoms with Crippen molar-refractivity contribution < 1.29 is 9.59 Å². The van der Waals surface area contributed by atoms with E-state index in [0.29, 0.717) is 27.3 Å². The number of benzene rings is 2. The molecule has 1 heterocycles. The van der Waals surface area contributed by atoms with Gasteiger partial charge in [-0.05, 0) is 55.5 Å². The highest BCUT2D eigenvalue weighted by atomic mass is 35.5. The summed E-state index contributed by atoms with van der Waals surface area (Å²) < 4.78 is 1.83. The number of aromatic nitrogens is 3. The summed E-state index contributed by atoms with van der Waals surface area (Å²) in [6.45, 7) is 1.79. The lowest BCUT2D eigenvalue weighted by molar-refractivity contribution is -0.115. The second kappa shape index (κ2) is 8.45. The van der Waals surface area contributed by atoms with Crippen LogP contribution >= 0.6 is 23.4 Å². The third kappa shape index (κ3) is 4.52. The normalized spacial score (nSPS) is 11.8. The number of amides is 2. The van der Waals surface area contributed by atoms with Crippen LogP contribution in [0.3, 0.4) is 0 Å². The fourth-order valence-electron chi connectivity index (χ4n) is 2.44. The van der Waals surface area contributed by atoms with Gasteiger partial charge in [0.25, 0.3) is 0 Å². The first-order valence-corrected chi connectivity index (χ1v) is 9.63. The number of carbonyl (C=O) groups excluding carboxylic acids is 2. The summed E-state index contributed by atoms with van der Waals surface area (Å²) in [4.78, 5) is 23.6. The van der Waals surface area contributed by atoms with Crippen molar-refractivity contribution >= 4 is 40.9 Å². The van der Waals surface area contributed by atoms with Crippen LogP contribution in [0, 0.1) is 0 Å². The quantitative estimate of drug-likeness (QED) is 0.601. The van der Waals surface area contributed by atoms with E-state index in [9.17, 15) is 9.59 Å². The predicted octanol–water partition coefficient (Wildman–Crippen LogP) is 3.35. The van der Waals surface area contributed by atoms with E-state index in [-0.39, 0.29) is 5.91 Å². The number of hydrogen-bond acceptors (Lipinski definition) is 5. The Bertz CT molecular complexity index is 1000. The van der Waals surface area contributed by atoms with Crippen molar-refractivity contribution in [3.63, 3.8) is 0 Å². The Kier molecular flexibility index (Phi) is 6.01. The minimum atomic E-state index is -0.513. The van der Waals surface area contributed by atoms with Gasteiger partial charge >= 0.3 is 0 Å². The molecule has 0 radical (unpaired) electrons.